The maximum atomic E-state index is 12.1. The largest absolute Gasteiger partial charge is 0.366 e. The summed E-state index contributed by atoms with van der Waals surface area (Å²) in [6.07, 6.45) is 3.52. The molecule has 6 nitrogen and oxygen atoms in total. The van der Waals surface area contributed by atoms with Crippen LogP contribution in [0.4, 0.5) is 5.69 Å². The van der Waals surface area contributed by atoms with Crippen LogP contribution in [-0.4, -0.2) is 26.6 Å². The van der Waals surface area contributed by atoms with Crippen LogP contribution in [0.25, 0.3) is 0 Å². The molecule has 0 fully saturated rings. The second-order valence-corrected chi connectivity index (χ2v) is 5.82. The van der Waals surface area contributed by atoms with Crippen molar-refractivity contribution in [1.29, 1.82) is 0 Å². The number of carbonyl (C=O) groups is 2. The molecule has 0 radical (unpaired) electrons. The first kappa shape index (κ1) is 15.1. The third-order valence-corrected chi connectivity index (χ3v) is 4.04. The van der Waals surface area contributed by atoms with Gasteiger partial charge < -0.3 is 15.6 Å². The summed E-state index contributed by atoms with van der Waals surface area (Å²) in [4.78, 5) is 27.3. The first-order chi connectivity index (χ1) is 9.97. The summed E-state index contributed by atoms with van der Waals surface area (Å²) in [5, 5.41) is 3.28. The highest BCUT2D eigenvalue weighted by molar-refractivity contribution is 8.00. The Morgan fingerprint density at radius 1 is 1.33 bits per heavy atom. The number of hydrogen-bond donors (Lipinski definition) is 2. The van der Waals surface area contributed by atoms with Crippen molar-refractivity contribution in [2.24, 2.45) is 12.8 Å². The molecule has 110 valence electrons. The van der Waals surface area contributed by atoms with E-state index in [1.54, 1.807) is 30.5 Å². The number of benzene rings is 1. The van der Waals surface area contributed by atoms with Crippen LogP contribution in [0.15, 0.2) is 41.8 Å². The molecule has 2 rings (SSSR count). The first-order valence-electron chi connectivity index (χ1n) is 6.32. The van der Waals surface area contributed by atoms with Gasteiger partial charge in [0.15, 0.2) is 5.16 Å². The van der Waals surface area contributed by atoms with E-state index in [9.17, 15) is 9.59 Å². The Hall–Kier alpha value is -2.28. The molecule has 2 amide bonds. The fourth-order valence-corrected chi connectivity index (χ4v) is 2.47. The average Bonchev–Trinajstić information content (AvgIpc) is 2.84. The van der Waals surface area contributed by atoms with Crippen molar-refractivity contribution in [3.63, 3.8) is 0 Å². The molecule has 3 N–H and O–H groups in total. The monoisotopic (exact) mass is 304 g/mol. The molecule has 0 aliphatic heterocycles. The highest BCUT2D eigenvalue weighted by atomic mass is 32.2. The number of hydrogen-bond acceptors (Lipinski definition) is 4. The van der Waals surface area contributed by atoms with Gasteiger partial charge in [-0.15, -0.1) is 0 Å². The van der Waals surface area contributed by atoms with E-state index < -0.39 is 5.91 Å². The predicted octanol–water partition coefficient (Wildman–Crippen LogP) is 1.64. The summed E-state index contributed by atoms with van der Waals surface area (Å²) in [6.45, 7) is 1.81. The quantitative estimate of drug-likeness (QED) is 0.822. The van der Waals surface area contributed by atoms with Crippen LogP contribution in [0.1, 0.15) is 17.3 Å². The number of thioether (sulfide) groups is 1. The van der Waals surface area contributed by atoms with Gasteiger partial charge in [-0.25, -0.2) is 4.98 Å². The standard InChI is InChI=1S/C14H16N4O2S/c1-9(21-14-16-7-8-18(14)2)13(20)17-11-5-3-10(4-6-11)12(15)19/h3-9H,1-2H3,(H2,15,19)(H,17,20)/t9-/m1/s1. The number of amides is 2. The van der Waals surface area contributed by atoms with Crippen molar-refractivity contribution in [2.75, 3.05) is 5.32 Å². The van der Waals surface area contributed by atoms with Crippen LogP contribution >= 0.6 is 11.8 Å². The minimum atomic E-state index is -0.494. The number of anilines is 1. The second kappa shape index (κ2) is 6.45. The molecule has 0 unspecified atom stereocenters. The number of rotatable bonds is 5. The van der Waals surface area contributed by atoms with Gasteiger partial charge in [-0.3, -0.25) is 9.59 Å². The van der Waals surface area contributed by atoms with Crippen LogP contribution in [-0.2, 0) is 11.8 Å². The molecule has 2 aromatic rings. The van der Waals surface area contributed by atoms with Gasteiger partial charge in [0.2, 0.25) is 11.8 Å². The maximum absolute atomic E-state index is 12.1. The summed E-state index contributed by atoms with van der Waals surface area (Å²) in [5.74, 6) is -0.624. The van der Waals surface area contributed by atoms with Crippen molar-refractivity contribution in [2.45, 2.75) is 17.3 Å². The molecule has 21 heavy (non-hydrogen) atoms. The Morgan fingerprint density at radius 3 is 2.52 bits per heavy atom. The van der Waals surface area contributed by atoms with Crippen LogP contribution in [0.3, 0.4) is 0 Å². The smallest absolute Gasteiger partial charge is 0.248 e. The van der Waals surface area contributed by atoms with Crippen molar-refractivity contribution >= 4 is 29.3 Å². The zero-order chi connectivity index (χ0) is 15.4. The minimum absolute atomic E-state index is 0.130. The zero-order valence-electron chi connectivity index (χ0n) is 11.7. The predicted molar refractivity (Wildman–Crippen MR) is 82.1 cm³/mol. The van der Waals surface area contributed by atoms with Crippen LogP contribution in [0.2, 0.25) is 0 Å². The molecule has 1 heterocycles. The lowest BCUT2D eigenvalue weighted by atomic mass is 10.2. The zero-order valence-corrected chi connectivity index (χ0v) is 12.6. The Bertz CT molecular complexity index is 651. The lowest BCUT2D eigenvalue weighted by molar-refractivity contribution is -0.115. The SMILES string of the molecule is C[C@@H](Sc1nccn1C)C(=O)Nc1ccc(C(N)=O)cc1. The van der Waals surface area contributed by atoms with Gasteiger partial charge >= 0.3 is 0 Å². The number of imidazole rings is 1. The third-order valence-electron chi connectivity index (χ3n) is 2.87. The minimum Gasteiger partial charge on any atom is -0.366 e. The Labute approximate surface area is 126 Å². The van der Waals surface area contributed by atoms with E-state index in [0.29, 0.717) is 11.3 Å². The van der Waals surface area contributed by atoms with E-state index in [-0.39, 0.29) is 11.2 Å². The lowest BCUT2D eigenvalue weighted by Crippen LogP contribution is -2.22. The molecular weight excluding hydrogens is 288 g/mol. The van der Waals surface area contributed by atoms with Crippen LogP contribution in [0, 0.1) is 0 Å². The van der Waals surface area contributed by atoms with Crippen molar-refractivity contribution < 1.29 is 9.59 Å². The van der Waals surface area contributed by atoms with Gasteiger partial charge in [0.05, 0.1) is 5.25 Å². The molecule has 1 aromatic heterocycles. The van der Waals surface area contributed by atoms with Crippen LogP contribution < -0.4 is 11.1 Å². The highest BCUT2D eigenvalue weighted by Crippen LogP contribution is 2.22. The molecule has 0 aliphatic carbocycles. The Kier molecular flexibility index (Phi) is 4.64. The summed E-state index contributed by atoms with van der Waals surface area (Å²) >= 11 is 1.38. The molecule has 0 spiro atoms. The number of nitrogens with one attached hydrogen (secondary N) is 1. The molecule has 7 heteroatoms. The molecule has 1 aromatic carbocycles. The Balaban J connectivity index is 1.97. The number of nitrogens with zero attached hydrogens (tertiary/aromatic N) is 2. The van der Waals surface area contributed by atoms with Gasteiger partial charge in [-0.2, -0.15) is 0 Å². The number of carbonyl (C=O) groups excluding carboxylic acids is 2. The van der Waals surface area contributed by atoms with E-state index in [4.69, 9.17) is 5.73 Å². The summed E-state index contributed by atoms with van der Waals surface area (Å²) in [6, 6.07) is 6.45. The number of aromatic nitrogens is 2. The number of nitrogens with two attached hydrogens (primary N) is 1. The fourth-order valence-electron chi connectivity index (χ4n) is 1.64. The van der Waals surface area contributed by atoms with Gasteiger partial charge in [-0.05, 0) is 31.2 Å². The number of primary amides is 1. The van der Waals surface area contributed by atoms with Gasteiger partial charge in [0.1, 0.15) is 0 Å². The molecule has 0 bridgehead atoms. The molecular formula is C14H16N4O2S. The van der Waals surface area contributed by atoms with E-state index in [2.05, 4.69) is 10.3 Å². The van der Waals surface area contributed by atoms with Crippen molar-refractivity contribution in [1.82, 2.24) is 9.55 Å². The van der Waals surface area contributed by atoms with Gasteiger partial charge in [-0.1, -0.05) is 11.8 Å². The summed E-state index contributed by atoms with van der Waals surface area (Å²) in [5.41, 5.74) is 6.19. The van der Waals surface area contributed by atoms with E-state index in [1.807, 2.05) is 24.7 Å². The normalized spacial score (nSPS) is 11.9. The first-order valence-corrected chi connectivity index (χ1v) is 7.20. The summed E-state index contributed by atoms with van der Waals surface area (Å²) < 4.78 is 1.86. The fraction of sp³-hybridized carbons (Fsp3) is 0.214. The van der Waals surface area contributed by atoms with E-state index >= 15 is 0 Å². The number of aryl methyl sites for hydroxylation is 1. The molecule has 0 aliphatic rings. The van der Waals surface area contributed by atoms with Crippen molar-refractivity contribution in [3.05, 3.63) is 42.2 Å². The van der Waals surface area contributed by atoms with E-state index in [1.165, 1.54) is 11.8 Å². The molecule has 1 atom stereocenters. The highest BCUT2D eigenvalue weighted by Gasteiger charge is 2.16. The Morgan fingerprint density at radius 2 is 2.00 bits per heavy atom. The lowest BCUT2D eigenvalue weighted by Gasteiger charge is -2.11. The van der Waals surface area contributed by atoms with Crippen LogP contribution in [0.5, 0.6) is 0 Å². The topological polar surface area (TPSA) is 90.0 Å². The van der Waals surface area contributed by atoms with Gasteiger partial charge in [0, 0.05) is 30.7 Å². The second-order valence-electron chi connectivity index (χ2n) is 4.51. The average molecular weight is 304 g/mol. The van der Waals surface area contributed by atoms with Gasteiger partial charge in [0.25, 0.3) is 0 Å². The maximum Gasteiger partial charge on any atom is 0.248 e. The summed E-state index contributed by atoms with van der Waals surface area (Å²) in [7, 11) is 1.88. The molecule has 0 saturated heterocycles. The molecule has 0 saturated carbocycles. The van der Waals surface area contributed by atoms with Crippen molar-refractivity contribution in [3.8, 4) is 0 Å². The third kappa shape index (κ3) is 3.85. The van der Waals surface area contributed by atoms with E-state index in [0.717, 1.165) is 5.16 Å².